The number of hydrogen-bond acceptors (Lipinski definition) is 3. The van der Waals surface area contributed by atoms with Gasteiger partial charge in [-0.15, -0.1) is 0 Å². The van der Waals surface area contributed by atoms with Crippen molar-refractivity contribution in [2.75, 3.05) is 18.5 Å². The van der Waals surface area contributed by atoms with E-state index < -0.39 is 0 Å². The summed E-state index contributed by atoms with van der Waals surface area (Å²) in [6.07, 6.45) is -0.196. The van der Waals surface area contributed by atoms with Crippen molar-refractivity contribution < 1.29 is 14.3 Å². The van der Waals surface area contributed by atoms with Crippen LogP contribution >= 0.6 is 0 Å². The number of amides is 2. The van der Waals surface area contributed by atoms with E-state index in [1.165, 1.54) is 0 Å². The molecule has 22 heavy (non-hydrogen) atoms. The molecule has 0 fully saturated rings. The molecule has 0 aliphatic carbocycles. The third-order valence-corrected chi connectivity index (χ3v) is 3.37. The Bertz CT molecular complexity index is 655. The Morgan fingerprint density at radius 2 is 1.86 bits per heavy atom. The molecule has 5 nitrogen and oxygen atoms in total. The predicted molar refractivity (Wildman–Crippen MR) is 84.6 cm³/mol. The Morgan fingerprint density at radius 1 is 1.14 bits per heavy atom. The second kappa shape index (κ2) is 6.39. The van der Waals surface area contributed by atoms with Crippen LogP contribution in [0.15, 0.2) is 48.5 Å². The number of rotatable bonds is 3. The van der Waals surface area contributed by atoms with Crippen molar-refractivity contribution in [1.82, 2.24) is 5.32 Å². The van der Waals surface area contributed by atoms with Gasteiger partial charge in [0.15, 0.2) is 17.6 Å². The quantitative estimate of drug-likeness (QED) is 0.916. The maximum absolute atomic E-state index is 11.9. The normalized spacial score (nSPS) is 16.0. The molecule has 1 heterocycles. The highest BCUT2D eigenvalue weighted by atomic mass is 16.6. The monoisotopic (exact) mass is 298 g/mol. The topological polar surface area (TPSA) is 59.6 Å². The minimum Gasteiger partial charge on any atom is -0.486 e. The second-order valence-corrected chi connectivity index (χ2v) is 5.20. The van der Waals surface area contributed by atoms with Crippen molar-refractivity contribution in [2.24, 2.45) is 0 Å². The SMILES string of the molecule is Cc1ccc(NC(=O)NC[C@@H]2COc3ccccc3O2)cc1. The van der Waals surface area contributed by atoms with E-state index in [1.54, 1.807) is 0 Å². The van der Waals surface area contributed by atoms with Crippen LogP contribution < -0.4 is 20.1 Å². The fourth-order valence-corrected chi connectivity index (χ4v) is 2.18. The third-order valence-electron chi connectivity index (χ3n) is 3.37. The van der Waals surface area contributed by atoms with E-state index in [2.05, 4.69) is 10.6 Å². The van der Waals surface area contributed by atoms with E-state index in [9.17, 15) is 4.79 Å². The third kappa shape index (κ3) is 3.49. The molecule has 5 heteroatoms. The van der Waals surface area contributed by atoms with Gasteiger partial charge in [-0.2, -0.15) is 0 Å². The molecular weight excluding hydrogens is 280 g/mol. The Morgan fingerprint density at radius 3 is 2.64 bits per heavy atom. The van der Waals surface area contributed by atoms with Crippen LogP contribution in [0.4, 0.5) is 10.5 Å². The number of benzene rings is 2. The number of ether oxygens (including phenoxy) is 2. The van der Waals surface area contributed by atoms with Crippen molar-refractivity contribution in [2.45, 2.75) is 13.0 Å². The lowest BCUT2D eigenvalue weighted by Gasteiger charge is -2.26. The molecular formula is C17H18N2O3. The van der Waals surface area contributed by atoms with Gasteiger partial charge in [-0.3, -0.25) is 0 Å². The van der Waals surface area contributed by atoms with Crippen molar-refractivity contribution in [1.29, 1.82) is 0 Å². The average molecular weight is 298 g/mol. The predicted octanol–water partition coefficient (Wildman–Crippen LogP) is 2.96. The Labute approximate surface area is 129 Å². The number of carbonyl (C=O) groups excluding carboxylic acids is 1. The zero-order chi connectivity index (χ0) is 15.4. The van der Waals surface area contributed by atoms with E-state index in [0.29, 0.717) is 18.9 Å². The zero-order valence-corrected chi connectivity index (χ0v) is 12.3. The Hall–Kier alpha value is -2.69. The maximum atomic E-state index is 11.9. The molecule has 1 aliphatic rings. The summed E-state index contributed by atoms with van der Waals surface area (Å²) in [5, 5.41) is 5.57. The van der Waals surface area contributed by atoms with Crippen molar-refractivity contribution >= 4 is 11.7 Å². The number of fused-ring (bicyclic) bond motifs is 1. The minimum absolute atomic E-state index is 0.196. The fourth-order valence-electron chi connectivity index (χ4n) is 2.18. The van der Waals surface area contributed by atoms with Gasteiger partial charge in [-0.1, -0.05) is 29.8 Å². The molecule has 1 atom stereocenters. The van der Waals surface area contributed by atoms with Gasteiger partial charge in [-0.05, 0) is 31.2 Å². The number of carbonyl (C=O) groups is 1. The molecule has 2 N–H and O–H groups in total. The second-order valence-electron chi connectivity index (χ2n) is 5.20. The summed E-state index contributed by atoms with van der Waals surface area (Å²) in [4.78, 5) is 11.9. The van der Waals surface area contributed by atoms with Crippen LogP contribution in [0.2, 0.25) is 0 Å². The highest BCUT2D eigenvalue weighted by Crippen LogP contribution is 2.30. The number of nitrogens with one attached hydrogen (secondary N) is 2. The molecule has 0 radical (unpaired) electrons. The van der Waals surface area contributed by atoms with Crippen LogP contribution in [0.1, 0.15) is 5.56 Å². The first-order chi connectivity index (χ1) is 10.7. The summed E-state index contributed by atoms with van der Waals surface area (Å²) >= 11 is 0. The van der Waals surface area contributed by atoms with Crippen LogP contribution in [-0.2, 0) is 0 Å². The molecule has 2 amide bonds. The molecule has 0 saturated heterocycles. The molecule has 0 bridgehead atoms. The van der Waals surface area contributed by atoms with Gasteiger partial charge in [0.25, 0.3) is 0 Å². The molecule has 3 rings (SSSR count). The van der Waals surface area contributed by atoms with Gasteiger partial charge in [0.1, 0.15) is 6.61 Å². The smallest absolute Gasteiger partial charge is 0.319 e. The fraction of sp³-hybridized carbons (Fsp3) is 0.235. The molecule has 2 aromatic carbocycles. The molecule has 2 aromatic rings. The molecule has 1 aliphatic heterocycles. The summed E-state index contributed by atoms with van der Waals surface area (Å²) in [7, 11) is 0. The Balaban J connectivity index is 1.49. The van der Waals surface area contributed by atoms with Crippen LogP contribution in [0.5, 0.6) is 11.5 Å². The van der Waals surface area contributed by atoms with Crippen molar-refractivity contribution in [3.8, 4) is 11.5 Å². The average Bonchev–Trinajstić information content (AvgIpc) is 2.55. The van der Waals surface area contributed by atoms with Crippen LogP contribution in [0.3, 0.4) is 0 Å². The first kappa shape index (κ1) is 14.3. The van der Waals surface area contributed by atoms with Gasteiger partial charge >= 0.3 is 6.03 Å². The van der Waals surface area contributed by atoms with Gasteiger partial charge < -0.3 is 20.1 Å². The summed E-state index contributed by atoms with van der Waals surface area (Å²) in [5.74, 6) is 1.45. The van der Waals surface area contributed by atoms with E-state index in [4.69, 9.17) is 9.47 Å². The maximum Gasteiger partial charge on any atom is 0.319 e. The van der Waals surface area contributed by atoms with Gasteiger partial charge in [-0.25, -0.2) is 4.79 Å². The lowest BCUT2D eigenvalue weighted by atomic mass is 10.2. The number of para-hydroxylation sites is 2. The molecule has 0 saturated carbocycles. The first-order valence-corrected chi connectivity index (χ1v) is 7.21. The van der Waals surface area contributed by atoms with Gasteiger partial charge in [0.2, 0.25) is 0 Å². The van der Waals surface area contributed by atoms with Crippen molar-refractivity contribution in [3.63, 3.8) is 0 Å². The number of hydrogen-bond donors (Lipinski definition) is 2. The standard InChI is InChI=1S/C17H18N2O3/c1-12-6-8-13(9-7-12)19-17(20)18-10-14-11-21-15-4-2-3-5-16(15)22-14/h2-9,14H,10-11H2,1H3,(H2,18,19,20)/t14-/m1/s1. The summed E-state index contributed by atoms with van der Waals surface area (Å²) in [6, 6.07) is 14.9. The molecule has 0 spiro atoms. The van der Waals surface area contributed by atoms with E-state index in [0.717, 1.165) is 17.0 Å². The van der Waals surface area contributed by atoms with E-state index in [1.807, 2.05) is 55.5 Å². The Kier molecular flexibility index (Phi) is 4.14. The van der Waals surface area contributed by atoms with Crippen LogP contribution in [0.25, 0.3) is 0 Å². The molecule has 0 aromatic heterocycles. The number of urea groups is 1. The highest BCUT2D eigenvalue weighted by Gasteiger charge is 2.20. The summed E-state index contributed by atoms with van der Waals surface area (Å²) < 4.78 is 11.4. The summed E-state index contributed by atoms with van der Waals surface area (Å²) in [6.45, 7) is 2.80. The zero-order valence-electron chi connectivity index (χ0n) is 12.3. The van der Waals surface area contributed by atoms with Crippen LogP contribution in [-0.4, -0.2) is 25.3 Å². The lowest BCUT2D eigenvalue weighted by molar-refractivity contribution is 0.0922. The number of anilines is 1. The largest absolute Gasteiger partial charge is 0.486 e. The van der Waals surface area contributed by atoms with E-state index in [-0.39, 0.29) is 12.1 Å². The summed E-state index contributed by atoms with van der Waals surface area (Å²) in [5.41, 5.74) is 1.91. The van der Waals surface area contributed by atoms with E-state index >= 15 is 0 Å². The number of aryl methyl sites for hydroxylation is 1. The van der Waals surface area contributed by atoms with Gasteiger partial charge in [0, 0.05) is 5.69 Å². The van der Waals surface area contributed by atoms with Crippen LogP contribution in [0, 0.1) is 6.92 Å². The molecule has 114 valence electrons. The molecule has 0 unspecified atom stereocenters. The first-order valence-electron chi connectivity index (χ1n) is 7.21. The van der Waals surface area contributed by atoms with Crippen molar-refractivity contribution in [3.05, 3.63) is 54.1 Å². The lowest BCUT2D eigenvalue weighted by Crippen LogP contribution is -2.42. The minimum atomic E-state index is -0.258. The highest BCUT2D eigenvalue weighted by molar-refractivity contribution is 5.89. The van der Waals surface area contributed by atoms with Gasteiger partial charge in [0.05, 0.1) is 6.54 Å².